The zero-order chi connectivity index (χ0) is 21.3. The van der Waals surface area contributed by atoms with Crippen molar-refractivity contribution in [3.05, 3.63) is 47.5 Å². The molecule has 1 aliphatic rings. The Bertz CT molecular complexity index is 864. The molecule has 1 fully saturated rings. The second-order valence-electron chi connectivity index (χ2n) is 6.57. The van der Waals surface area contributed by atoms with E-state index in [2.05, 4.69) is 0 Å². The first-order chi connectivity index (χ1) is 13.8. The van der Waals surface area contributed by atoms with Crippen molar-refractivity contribution >= 4 is 11.9 Å². The van der Waals surface area contributed by atoms with Gasteiger partial charge in [-0.1, -0.05) is 12.1 Å². The van der Waals surface area contributed by atoms with Crippen molar-refractivity contribution in [2.75, 3.05) is 14.2 Å². The zero-order valence-corrected chi connectivity index (χ0v) is 15.6. The van der Waals surface area contributed by atoms with Crippen molar-refractivity contribution in [2.45, 2.75) is 12.2 Å². The van der Waals surface area contributed by atoms with Crippen molar-refractivity contribution in [1.82, 2.24) is 0 Å². The smallest absolute Gasteiger partial charge is 0.310 e. The van der Waals surface area contributed by atoms with Gasteiger partial charge in [-0.15, -0.1) is 0 Å². The molecule has 4 N–H and O–H groups in total. The minimum absolute atomic E-state index is 0.108. The van der Waals surface area contributed by atoms with E-state index in [9.17, 15) is 30.0 Å². The lowest BCUT2D eigenvalue weighted by Crippen LogP contribution is -2.30. The van der Waals surface area contributed by atoms with Crippen molar-refractivity contribution < 1.29 is 44.2 Å². The van der Waals surface area contributed by atoms with Crippen LogP contribution in [-0.4, -0.2) is 46.6 Å². The number of phenolic OH excluding ortho intramolecular Hbond substituents is 2. The number of aromatic hydroxyl groups is 2. The van der Waals surface area contributed by atoms with Crippen LogP contribution in [0, 0.1) is 11.8 Å². The third-order valence-electron chi connectivity index (χ3n) is 4.97. The Morgan fingerprint density at radius 2 is 1.17 bits per heavy atom. The predicted molar refractivity (Wildman–Crippen MR) is 98.1 cm³/mol. The Labute approximate surface area is 165 Å². The molecule has 4 atom stereocenters. The fraction of sp³-hybridized carbons (Fsp3) is 0.300. The third-order valence-corrected chi connectivity index (χ3v) is 4.97. The molecule has 1 saturated heterocycles. The molecule has 0 amide bonds. The molecule has 9 heteroatoms. The van der Waals surface area contributed by atoms with Gasteiger partial charge in [0.15, 0.2) is 23.0 Å². The predicted octanol–water partition coefficient (Wildman–Crippen LogP) is 2.33. The number of methoxy groups -OCH3 is 2. The maximum atomic E-state index is 12.0. The van der Waals surface area contributed by atoms with Gasteiger partial charge in [0.05, 0.1) is 26.4 Å². The summed E-state index contributed by atoms with van der Waals surface area (Å²) in [6, 6.07) is 8.38. The standard InChI is InChI=1S/C20H20O9/c1-27-13-7-9(3-5-11(13)21)17-15(19(23)24)16(20(25)26)18(29-17)10-4-6-12(22)14(8-10)28-2/h3-8,15-18,21-22H,1-2H3,(H,23,24)(H,25,26)/t15-,16-,17-,18+/m1/s1. The number of aliphatic carboxylic acids is 2. The van der Waals surface area contributed by atoms with Gasteiger partial charge in [-0.2, -0.15) is 0 Å². The Hall–Kier alpha value is -3.46. The van der Waals surface area contributed by atoms with Crippen LogP contribution in [0.1, 0.15) is 23.3 Å². The average molecular weight is 404 g/mol. The van der Waals surface area contributed by atoms with Crippen LogP contribution < -0.4 is 9.47 Å². The van der Waals surface area contributed by atoms with Gasteiger partial charge in [-0.3, -0.25) is 9.59 Å². The highest BCUT2D eigenvalue weighted by molar-refractivity contribution is 5.82. The number of ether oxygens (including phenoxy) is 3. The first-order valence-electron chi connectivity index (χ1n) is 8.63. The van der Waals surface area contributed by atoms with Gasteiger partial charge in [0, 0.05) is 0 Å². The number of rotatable bonds is 6. The fourth-order valence-corrected chi connectivity index (χ4v) is 3.58. The molecule has 0 saturated carbocycles. The highest BCUT2D eigenvalue weighted by Gasteiger charge is 2.53. The van der Waals surface area contributed by atoms with E-state index in [0.29, 0.717) is 11.1 Å². The van der Waals surface area contributed by atoms with Crippen LogP contribution in [0.3, 0.4) is 0 Å². The molecule has 0 bridgehead atoms. The summed E-state index contributed by atoms with van der Waals surface area (Å²) in [5, 5.41) is 39.1. The minimum Gasteiger partial charge on any atom is -0.504 e. The first-order valence-corrected chi connectivity index (χ1v) is 8.63. The van der Waals surface area contributed by atoms with Crippen LogP contribution in [0.5, 0.6) is 23.0 Å². The lowest BCUT2D eigenvalue weighted by molar-refractivity contribution is -0.153. The summed E-state index contributed by atoms with van der Waals surface area (Å²) in [6.07, 6.45) is -2.21. The maximum Gasteiger partial charge on any atom is 0.310 e. The van der Waals surface area contributed by atoms with Crippen LogP contribution in [0.15, 0.2) is 36.4 Å². The summed E-state index contributed by atoms with van der Waals surface area (Å²) < 4.78 is 16.0. The SMILES string of the molecule is COc1cc([C@H]2O[C@@H](c3ccc(O)c(OC)c3)[C@H](C(=O)O)[C@H]2C(=O)O)ccc1O. The molecular weight excluding hydrogens is 384 g/mol. The molecule has 3 rings (SSSR count). The molecule has 0 unspecified atom stereocenters. The third kappa shape index (κ3) is 3.64. The van der Waals surface area contributed by atoms with Crippen molar-refractivity contribution in [3.63, 3.8) is 0 Å². The molecule has 0 spiro atoms. The lowest BCUT2D eigenvalue weighted by Gasteiger charge is -2.18. The normalized spacial score (nSPS) is 23.5. The number of hydrogen-bond donors (Lipinski definition) is 4. The number of benzene rings is 2. The molecule has 9 nitrogen and oxygen atoms in total. The van der Waals surface area contributed by atoms with E-state index in [4.69, 9.17) is 14.2 Å². The number of carboxylic acids is 2. The summed E-state index contributed by atoms with van der Waals surface area (Å²) >= 11 is 0. The van der Waals surface area contributed by atoms with Gasteiger partial charge in [0.1, 0.15) is 11.8 Å². The Kier molecular flexibility index (Phi) is 5.51. The molecule has 1 aliphatic heterocycles. The average Bonchev–Trinajstić information content (AvgIpc) is 3.10. The highest BCUT2D eigenvalue weighted by Crippen LogP contribution is 2.51. The van der Waals surface area contributed by atoms with Crippen LogP contribution in [0.25, 0.3) is 0 Å². The number of carbonyl (C=O) groups is 2. The summed E-state index contributed by atoms with van der Waals surface area (Å²) in [4.78, 5) is 24.0. The molecule has 29 heavy (non-hydrogen) atoms. The van der Waals surface area contributed by atoms with Gasteiger partial charge in [0.25, 0.3) is 0 Å². The molecule has 2 aromatic carbocycles. The second-order valence-corrected chi connectivity index (χ2v) is 6.57. The fourth-order valence-electron chi connectivity index (χ4n) is 3.58. The summed E-state index contributed by atoms with van der Waals surface area (Å²) in [7, 11) is 2.68. The van der Waals surface area contributed by atoms with Crippen LogP contribution in [0.4, 0.5) is 0 Å². The quantitative estimate of drug-likeness (QED) is 0.570. The lowest BCUT2D eigenvalue weighted by atomic mass is 9.82. The minimum atomic E-state index is -1.40. The molecule has 0 aromatic heterocycles. The molecule has 0 radical (unpaired) electrons. The summed E-state index contributed by atoms with van der Waals surface area (Å²) in [6.45, 7) is 0. The molecule has 2 aromatic rings. The van der Waals surface area contributed by atoms with E-state index in [1.807, 2.05) is 0 Å². The van der Waals surface area contributed by atoms with Gasteiger partial charge in [0.2, 0.25) is 0 Å². The van der Waals surface area contributed by atoms with Crippen molar-refractivity contribution in [3.8, 4) is 23.0 Å². The number of carboxylic acid groups (broad SMARTS) is 2. The number of phenols is 2. The van der Waals surface area contributed by atoms with E-state index in [1.165, 1.54) is 50.6 Å². The zero-order valence-electron chi connectivity index (χ0n) is 15.6. The van der Waals surface area contributed by atoms with E-state index in [0.717, 1.165) is 0 Å². The van der Waals surface area contributed by atoms with Crippen molar-refractivity contribution in [1.29, 1.82) is 0 Å². The summed E-state index contributed by atoms with van der Waals surface area (Å²) in [5.74, 6) is -5.52. The van der Waals surface area contributed by atoms with E-state index >= 15 is 0 Å². The Morgan fingerprint density at radius 3 is 1.48 bits per heavy atom. The highest BCUT2D eigenvalue weighted by atomic mass is 16.5. The largest absolute Gasteiger partial charge is 0.504 e. The first kappa shape index (κ1) is 20.3. The molecule has 1 heterocycles. The topological polar surface area (TPSA) is 143 Å². The van der Waals surface area contributed by atoms with Crippen molar-refractivity contribution in [2.24, 2.45) is 11.8 Å². The summed E-state index contributed by atoms with van der Waals surface area (Å²) in [5.41, 5.74) is 0.707. The maximum absolute atomic E-state index is 12.0. The second kappa shape index (κ2) is 7.88. The van der Waals surface area contributed by atoms with E-state index in [1.54, 1.807) is 0 Å². The molecule has 154 valence electrons. The molecular formula is C20H20O9. The van der Waals surface area contributed by atoms with Gasteiger partial charge in [-0.25, -0.2) is 0 Å². The van der Waals surface area contributed by atoms with E-state index < -0.39 is 36.0 Å². The van der Waals surface area contributed by atoms with E-state index in [-0.39, 0.29) is 23.0 Å². The van der Waals surface area contributed by atoms with Crippen LogP contribution in [-0.2, 0) is 14.3 Å². The van der Waals surface area contributed by atoms with Gasteiger partial charge in [-0.05, 0) is 35.4 Å². The molecule has 0 aliphatic carbocycles. The van der Waals surface area contributed by atoms with Crippen LogP contribution in [0.2, 0.25) is 0 Å². The van der Waals surface area contributed by atoms with Crippen LogP contribution >= 0.6 is 0 Å². The Morgan fingerprint density at radius 1 is 0.793 bits per heavy atom. The van der Waals surface area contributed by atoms with Gasteiger partial charge >= 0.3 is 11.9 Å². The van der Waals surface area contributed by atoms with Gasteiger partial charge < -0.3 is 34.6 Å². The Balaban J connectivity index is 2.09. The monoisotopic (exact) mass is 404 g/mol. The number of hydrogen-bond acceptors (Lipinski definition) is 7.